The van der Waals surface area contributed by atoms with Gasteiger partial charge in [-0.05, 0) is 19.4 Å². The standard InChI is InChI=1S/C12H15F2NO/c1-8(2)7-10(15)9-5-3-4-6-11(9)16-12(13)14/h3-6,10,12H,1,7,15H2,2H3/t10-/m0/s1. The van der Waals surface area contributed by atoms with Crippen molar-refractivity contribution in [1.82, 2.24) is 0 Å². The molecule has 0 fully saturated rings. The van der Waals surface area contributed by atoms with E-state index in [-0.39, 0.29) is 11.8 Å². The number of nitrogens with two attached hydrogens (primary N) is 1. The van der Waals surface area contributed by atoms with E-state index in [1.54, 1.807) is 18.2 Å². The second kappa shape index (κ2) is 5.61. The number of para-hydroxylation sites is 1. The van der Waals surface area contributed by atoms with Crippen LogP contribution >= 0.6 is 0 Å². The molecule has 88 valence electrons. The predicted molar refractivity (Wildman–Crippen MR) is 59.4 cm³/mol. The number of hydrogen-bond donors (Lipinski definition) is 1. The molecule has 0 aliphatic carbocycles. The summed E-state index contributed by atoms with van der Waals surface area (Å²) in [4.78, 5) is 0. The Morgan fingerprint density at radius 2 is 2.06 bits per heavy atom. The third-order valence-corrected chi connectivity index (χ3v) is 2.10. The molecule has 16 heavy (non-hydrogen) atoms. The van der Waals surface area contributed by atoms with Crippen LogP contribution in [0.2, 0.25) is 0 Å². The number of rotatable bonds is 5. The first-order valence-corrected chi connectivity index (χ1v) is 4.94. The summed E-state index contributed by atoms with van der Waals surface area (Å²) in [6.07, 6.45) is 0.545. The molecular weight excluding hydrogens is 212 g/mol. The van der Waals surface area contributed by atoms with Crippen molar-refractivity contribution in [2.75, 3.05) is 0 Å². The molecular formula is C12H15F2NO. The van der Waals surface area contributed by atoms with Gasteiger partial charge in [-0.25, -0.2) is 0 Å². The van der Waals surface area contributed by atoms with Gasteiger partial charge in [0.05, 0.1) is 0 Å². The minimum atomic E-state index is -2.84. The topological polar surface area (TPSA) is 35.2 Å². The van der Waals surface area contributed by atoms with Crippen LogP contribution in [0.25, 0.3) is 0 Å². The highest BCUT2D eigenvalue weighted by molar-refractivity contribution is 5.36. The zero-order valence-corrected chi connectivity index (χ0v) is 9.12. The summed E-state index contributed by atoms with van der Waals surface area (Å²) in [5, 5.41) is 0. The Bertz CT molecular complexity index is 366. The maximum Gasteiger partial charge on any atom is 0.387 e. The lowest BCUT2D eigenvalue weighted by molar-refractivity contribution is -0.0506. The maximum absolute atomic E-state index is 12.1. The molecule has 0 amide bonds. The van der Waals surface area contributed by atoms with Gasteiger partial charge in [0.15, 0.2) is 0 Å². The predicted octanol–water partition coefficient (Wildman–Crippen LogP) is 3.25. The normalized spacial score (nSPS) is 12.6. The summed E-state index contributed by atoms with van der Waals surface area (Å²) in [7, 11) is 0. The molecule has 0 unspecified atom stereocenters. The van der Waals surface area contributed by atoms with Crippen molar-refractivity contribution in [1.29, 1.82) is 0 Å². The molecule has 0 radical (unpaired) electrons. The molecule has 0 saturated carbocycles. The Kier molecular flexibility index (Phi) is 4.43. The van der Waals surface area contributed by atoms with Gasteiger partial charge >= 0.3 is 6.61 Å². The molecule has 2 N–H and O–H groups in total. The lowest BCUT2D eigenvalue weighted by Crippen LogP contribution is -2.13. The van der Waals surface area contributed by atoms with Gasteiger partial charge in [0.1, 0.15) is 5.75 Å². The van der Waals surface area contributed by atoms with Crippen LogP contribution in [0.3, 0.4) is 0 Å². The van der Waals surface area contributed by atoms with E-state index in [2.05, 4.69) is 11.3 Å². The summed E-state index contributed by atoms with van der Waals surface area (Å²) in [6.45, 7) is 2.75. The molecule has 0 saturated heterocycles. The van der Waals surface area contributed by atoms with Crippen molar-refractivity contribution < 1.29 is 13.5 Å². The Morgan fingerprint density at radius 1 is 1.44 bits per heavy atom. The van der Waals surface area contributed by atoms with Crippen LogP contribution in [0.15, 0.2) is 36.4 Å². The van der Waals surface area contributed by atoms with Crippen molar-refractivity contribution in [2.45, 2.75) is 26.0 Å². The molecule has 0 aliphatic heterocycles. The lowest BCUT2D eigenvalue weighted by atomic mass is 10.0. The van der Waals surface area contributed by atoms with Gasteiger partial charge in [0.2, 0.25) is 0 Å². The molecule has 0 bridgehead atoms. The Balaban J connectivity index is 2.89. The van der Waals surface area contributed by atoms with Crippen LogP contribution in [-0.4, -0.2) is 6.61 Å². The summed E-state index contributed by atoms with van der Waals surface area (Å²) in [5.74, 6) is 0.131. The molecule has 2 nitrogen and oxygen atoms in total. The minimum Gasteiger partial charge on any atom is -0.434 e. The van der Waals surface area contributed by atoms with Crippen molar-refractivity contribution in [3.8, 4) is 5.75 Å². The van der Waals surface area contributed by atoms with Gasteiger partial charge in [-0.1, -0.05) is 23.8 Å². The average molecular weight is 227 g/mol. The lowest BCUT2D eigenvalue weighted by Gasteiger charge is -2.16. The van der Waals surface area contributed by atoms with E-state index in [1.165, 1.54) is 6.07 Å². The summed E-state index contributed by atoms with van der Waals surface area (Å²) >= 11 is 0. The van der Waals surface area contributed by atoms with Gasteiger partial charge in [0.25, 0.3) is 0 Å². The van der Waals surface area contributed by atoms with Gasteiger partial charge < -0.3 is 10.5 Å². The number of ether oxygens (including phenoxy) is 1. The number of halogens is 2. The first-order chi connectivity index (χ1) is 7.50. The van der Waals surface area contributed by atoms with Gasteiger partial charge in [-0.15, -0.1) is 6.58 Å². The minimum absolute atomic E-state index is 0.131. The van der Waals surface area contributed by atoms with Crippen molar-refractivity contribution in [2.24, 2.45) is 5.73 Å². The summed E-state index contributed by atoms with van der Waals surface area (Å²) in [6, 6.07) is 6.18. The molecule has 4 heteroatoms. The Labute approximate surface area is 93.7 Å². The summed E-state index contributed by atoms with van der Waals surface area (Å²) < 4.78 is 28.7. The maximum atomic E-state index is 12.1. The molecule has 0 aromatic heterocycles. The van der Waals surface area contributed by atoms with Crippen molar-refractivity contribution in [3.63, 3.8) is 0 Å². The van der Waals surface area contributed by atoms with Gasteiger partial charge in [-0.2, -0.15) is 8.78 Å². The molecule has 0 heterocycles. The Morgan fingerprint density at radius 3 is 2.62 bits per heavy atom. The molecule has 1 aromatic rings. The summed E-state index contributed by atoms with van der Waals surface area (Å²) in [5.41, 5.74) is 7.36. The highest BCUT2D eigenvalue weighted by atomic mass is 19.3. The van der Waals surface area contributed by atoms with Crippen LogP contribution in [0.4, 0.5) is 8.78 Å². The second-order valence-electron chi connectivity index (χ2n) is 3.68. The highest BCUT2D eigenvalue weighted by Crippen LogP contribution is 2.28. The fourth-order valence-electron chi connectivity index (χ4n) is 1.48. The molecule has 0 spiro atoms. The van der Waals surface area contributed by atoms with Crippen LogP contribution in [0.5, 0.6) is 5.75 Å². The highest BCUT2D eigenvalue weighted by Gasteiger charge is 2.14. The van der Waals surface area contributed by atoms with Crippen LogP contribution in [-0.2, 0) is 0 Å². The van der Waals surface area contributed by atoms with Crippen LogP contribution < -0.4 is 10.5 Å². The molecule has 1 aromatic carbocycles. The number of hydrogen-bond acceptors (Lipinski definition) is 2. The van der Waals surface area contributed by atoms with Crippen LogP contribution in [0.1, 0.15) is 24.9 Å². The van der Waals surface area contributed by atoms with Gasteiger partial charge in [0, 0.05) is 11.6 Å². The SMILES string of the molecule is C=C(C)C[C@H](N)c1ccccc1OC(F)F. The third-order valence-electron chi connectivity index (χ3n) is 2.10. The fraction of sp³-hybridized carbons (Fsp3) is 0.333. The van der Waals surface area contributed by atoms with E-state index >= 15 is 0 Å². The first kappa shape index (κ1) is 12.6. The van der Waals surface area contributed by atoms with Crippen molar-refractivity contribution >= 4 is 0 Å². The second-order valence-corrected chi connectivity index (χ2v) is 3.68. The quantitative estimate of drug-likeness (QED) is 0.783. The van der Waals surface area contributed by atoms with Crippen LogP contribution in [0, 0.1) is 0 Å². The van der Waals surface area contributed by atoms with E-state index in [0.717, 1.165) is 5.57 Å². The van der Waals surface area contributed by atoms with E-state index < -0.39 is 6.61 Å². The fourth-order valence-corrected chi connectivity index (χ4v) is 1.48. The number of benzene rings is 1. The van der Waals surface area contributed by atoms with E-state index in [4.69, 9.17) is 5.73 Å². The van der Waals surface area contributed by atoms with E-state index in [1.807, 2.05) is 6.92 Å². The smallest absolute Gasteiger partial charge is 0.387 e. The zero-order valence-electron chi connectivity index (χ0n) is 9.12. The van der Waals surface area contributed by atoms with E-state index in [0.29, 0.717) is 12.0 Å². The Hall–Kier alpha value is -1.42. The van der Waals surface area contributed by atoms with Gasteiger partial charge in [-0.3, -0.25) is 0 Å². The molecule has 1 rings (SSSR count). The van der Waals surface area contributed by atoms with Crippen molar-refractivity contribution in [3.05, 3.63) is 42.0 Å². The van der Waals surface area contributed by atoms with E-state index in [9.17, 15) is 8.78 Å². The third kappa shape index (κ3) is 3.62. The number of alkyl halides is 2. The first-order valence-electron chi connectivity index (χ1n) is 4.94. The average Bonchev–Trinajstić information content (AvgIpc) is 2.16. The zero-order chi connectivity index (χ0) is 12.1. The molecule has 0 aliphatic rings. The molecule has 1 atom stereocenters. The largest absolute Gasteiger partial charge is 0.434 e. The monoisotopic (exact) mass is 227 g/mol.